The van der Waals surface area contributed by atoms with Gasteiger partial charge in [-0.3, -0.25) is 4.79 Å². The minimum atomic E-state index is -4.13. The van der Waals surface area contributed by atoms with E-state index >= 15 is 0 Å². The Morgan fingerprint density at radius 1 is 0.931 bits per heavy atom. The number of nitrogens with two attached hydrogens (primary N) is 2. The highest BCUT2D eigenvalue weighted by Crippen LogP contribution is 2.22. The number of nitroso groups, excluding NO2 is 1. The van der Waals surface area contributed by atoms with Crippen LogP contribution in [0, 0.1) is 4.91 Å². The predicted octanol–water partition coefficient (Wildman–Crippen LogP) is 0.556. The molecule has 11 nitrogen and oxygen atoms in total. The third-order valence-electron chi connectivity index (χ3n) is 3.69. The highest BCUT2D eigenvalue weighted by atomic mass is 32.2. The van der Waals surface area contributed by atoms with Gasteiger partial charge in [-0.15, -0.1) is 10.0 Å². The van der Waals surface area contributed by atoms with Crippen LogP contribution in [0.15, 0.2) is 69.7 Å². The molecule has 2 aromatic rings. The largest absolute Gasteiger partial charge is 0.284 e. The molecule has 29 heavy (non-hydrogen) atoms. The van der Waals surface area contributed by atoms with E-state index in [1.165, 1.54) is 42.5 Å². The lowest BCUT2D eigenvalue weighted by Crippen LogP contribution is -2.37. The molecule has 0 saturated heterocycles. The molecule has 1 amide bonds. The number of hydrazine groups is 2. The van der Waals surface area contributed by atoms with Gasteiger partial charge < -0.3 is 0 Å². The van der Waals surface area contributed by atoms with Gasteiger partial charge in [0.15, 0.2) is 9.84 Å². The molecule has 0 aromatic heterocycles. The van der Waals surface area contributed by atoms with E-state index in [0.717, 1.165) is 24.5 Å². The molecule has 0 aliphatic carbocycles. The first-order chi connectivity index (χ1) is 13.5. The van der Waals surface area contributed by atoms with Crippen LogP contribution in [-0.4, -0.2) is 34.1 Å². The minimum Gasteiger partial charge on any atom is -0.266 e. The molecule has 0 radical (unpaired) electrons. The number of sulfonamides is 1. The SMILES string of the molecule is CS(=O)(=O)c1ccc(S(=O)(=O)N(N)c2ccc(/C=C/C(=O)N(N)N=O)cc2)cc1. The monoisotopic (exact) mass is 439 g/mol. The van der Waals surface area contributed by atoms with Crippen LogP contribution in [0.4, 0.5) is 5.69 Å². The predicted molar refractivity (Wildman–Crippen MR) is 106 cm³/mol. The van der Waals surface area contributed by atoms with Crippen molar-refractivity contribution in [3.8, 4) is 0 Å². The highest BCUT2D eigenvalue weighted by Gasteiger charge is 2.22. The van der Waals surface area contributed by atoms with E-state index in [1.807, 2.05) is 0 Å². The fourth-order valence-corrected chi connectivity index (χ4v) is 3.86. The van der Waals surface area contributed by atoms with E-state index in [9.17, 15) is 26.5 Å². The number of rotatable bonds is 7. The summed E-state index contributed by atoms with van der Waals surface area (Å²) in [5.74, 6) is 9.91. The summed E-state index contributed by atoms with van der Waals surface area (Å²) in [5.41, 5.74) is 0.625. The molecule has 0 atom stereocenters. The molecule has 0 unspecified atom stereocenters. The summed E-state index contributed by atoms with van der Waals surface area (Å²) in [5, 5.41) is 2.37. The summed E-state index contributed by atoms with van der Waals surface area (Å²) < 4.78 is 48.8. The van der Waals surface area contributed by atoms with Gasteiger partial charge in [-0.1, -0.05) is 12.1 Å². The Balaban J connectivity index is 2.23. The zero-order chi connectivity index (χ0) is 21.8. The maximum absolute atomic E-state index is 12.6. The Hall–Kier alpha value is -3.13. The molecular formula is C16H17N5O6S2. The van der Waals surface area contributed by atoms with Gasteiger partial charge in [-0.25, -0.2) is 24.5 Å². The molecule has 154 valence electrons. The van der Waals surface area contributed by atoms with Gasteiger partial charge in [0.25, 0.3) is 15.9 Å². The average Bonchev–Trinajstić information content (AvgIpc) is 2.70. The van der Waals surface area contributed by atoms with Crippen LogP contribution in [0.25, 0.3) is 6.08 Å². The molecule has 0 spiro atoms. The lowest BCUT2D eigenvalue weighted by atomic mass is 10.2. The molecule has 0 fully saturated rings. The first-order valence-corrected chi connectivity index (χ1v) is 11.1. The Bertz CT molecular complexity index is 1140. The maximum atomic E-state index is 12.6. The second-order valence-corrected chi connectivity index (χ2v) is 9.56. The van der Waals surface area contributed by atoms with Gasteiger partial charge in [-0.2, -0.15) is 8.42 Å². The number of hydrogen-bond donors (Lipinski definition) is 2. The molecule has 0 heterocycles. The van der Waals surface area contributed by atoms with Crippen molar-refractivity contribution >= 4 is 37.5 Å². The number of nitrogens with zero attached hydrogens (tertiary/aromatic N) is 3. The summed E-state index contributed by atoms with van der Waals surface area (Å²) in [7, 11) is -7.60. The van der Waals surface area contributed by atoms with E-state index in [-0.39, 0.29) is 20.6 Å². The van der Waals surface area contributed by atoms with Gasteiger partial charge in [0, 0.05) is 12.3 Å². The van der Waals surface area contributed by atoms with Crippen molar-refractivity contribution in [3.05, 3.63) is 65.1 Å². The third-order valence-corrected chi connectivity index (χ3v) is 6.41. The lowest BCUT2D eigenvalue weighted by molar-refractivity contribution is -0.126. The van der Waals surface area contributed by atoms with Crippen molar-refractivity contribution < 1.29 is 21.6 Å². The van der Waals surface area contributed by atoms with Crippen molar-refractivity contribution in [2.24, 2.45) is 17.0 Å². The summed E-state index contributed by atoms with van der Waals surface area (Å²) in [6.07, 6.45) is 3.36. The number of benzene rings is 2. The van der Waals surface area contributed by atoms with Gasteiger partial charge in [0.1, 0.15) is 0 Å². The molecule has 13 heteroatoms. The smallest absolute Gasteiger partial charge is 0.266 e. The van der Waals surface area contributed by atoms with Crippen molar-refractivity contribution in [3.63, 3.8) is 0 Å². The van der Waals surface area contributed by atoms with E-state index in [1.54, 1.807) is 0 Å². The molecule has 2 aromatic carbocycles. The Morgan fingerprint density at radius 3 is 1.93 bits per heavy atom. The van der Waals surface area contributed by atoms with E-state index < -0.39 is 25.8 Å². The van der Waals surface area contributed by atoms with Crippen LogP contribution in [0.1, 0.15) is 5.56 Å². The first-order valence-electron chi connectivity index (χ1n) is 7.77. The molecule has 0 saturated carbocycles. The molecule has 0 bridgehead atoms. The fourth-order valence-electron chi connectivity index (χ4n) is 2.13. The zero-order valence-corrected chi connectivity index (χ0v) is 16.7. The van der Waals surface area contributed by atoms with Crippen LogP contribution in [-0.2, 0) is 24.7 Å². The standard InChI is InChI=1S/C16H17N5O6S2/c1-28(24,25)14-7-9-15(10-8-14)29(26,27)21(18)13-5-2-12(3-6-13)4-11-16(22)20(17)19-23/h2-11H,17-18H2,1H3/b11-4+. The van der Waals surface area contributed by atoms with Crippen LogP contribution >= 0.6 is 0 Å². The van der Waals surface area contributed by atoms with Crippen LogP contribution in [0.5, 0.6) is 0 Å². The number of sulfone groups is 1. The van der Waals surface area contributed by atoms with E-state index in [2.05, 4.69) is 5.29 Å². The number of anilines is 1. The Kier molecular flexibility index (Phi) is 6.48. The second kappa shape index (κ2) is 8.48. The fraction of sp³-hybridized carbons (Fsp3) is 0.0625. The molecule has 2 rings (SSSR count). The van der Waals surface area contributed by atoms with Crippen LogP contribution < -0.4 is 16.1 Å². The van der Waals surface area contributed by atoms with Crippen molar-refractivity contribution in [2.75, 3.05) is 10.7 Å². The third kappa shape index (κ3) is 5.23. The van der Waals surface area contributed by atoms with Crippen molar-refractivity contribution in [1.82, 2.24) is 5.12 Å². The van der Waals surface area contributed by atoms with Crippen LogP contribution in [0.2, 0.25) is 0 Å². The molecule has 4 N–H and O–H groups in total. The molecule has 0 aliphatic rings. The van der Waals surface area contributed by atoms with Crippen LogP contribution in [0.3, 0.4) is 0 Å². The number of hydrogen-bond acceptors (Lipinski definition) is 9. The number of carbonyl (C=O) groups is 1. The quantitative estimate of drug-likeness (QED) is 0.207. The minimum absolute atomic E-state index is 0.0217. The van der Waals surface area contributed by atoms with Crippen molar-refractivity contribution in [2.45, 2.75) is 9.79 Å². The van der Waals surface area contributed by atoms with E-state index in [0.29, 0.717) is 9.98 Å². The van der Waals surface area contributed by atoms with Gasteiger partial charge in [-0.05, 0) is 48.0 Å². The van der Waals surface area contributed by atoms with Gasteiger partial charge >= 0.3 is 0 Å². The molecular weight excluding hydrogens is 422 g/mol. The topological polar surface area (TPSA) is 173 Å². The Labute approximate surface area is 167 Å². The summed E-state index contributed by atoms with van der Waals surface area (Å²) in [6.45, 7) is 0. The summed E-state index contributed by atoms with van der Waals surface area (Å²) in [4.78, 5) is 21.3. The first kappa shape index (κ1) is 22.2. The molecule has 0 aliphatic heterocycles. The number of amides is 1. The highest BCUT2D eigenvalue weighted by molar-refractivity contribution is 7.92. The average molecular weight is 439 g/mol. The summed E-state index contributed by atoms with van der Waals surface area (Å²) in [6, 6.07) is 10.4. The van der Waals surface area contributed by atoms with Crippen molar-refractivity contribution in [1.29, 1.82) is 0 Å². The van der Waals surface area contributed by atoms with E-state index in [4.69, 9.17) is 11.7 Å². The lowest BCUT2D eigenvalue weighted by Gasteiger charge is -2.19. The van der Waals surface area contributed by atoms with Gasteiger partial charge in [0.05, 0.1) is 20.8 Å². The van der Waals surface area contributed by atoms with Gasteiger partial charge in [0.2, 0.25) is 0 Å². The zero-order valence-electron chi connectivity index (χ0n) is 15.0. The summed E-state index contributed by atoms with van der Waals surface area (Å²) >= 11 is 0. The second-order valence-electron chi connectivity index (χ2n) is 5.73. The Morgan fingerprint density at radius 2 is 1.45 bits per heavy atom. The normalized spacial score (nSPS) is 12.0. The maximum Gasteiger partial charge on any atom is 0.284 e. The number of carbonyl (C=O) groups excluding carboxylic acids is 1.